The van der Waals surface area contributed by atoms with Crippen LogP contribution >= 0.6 is 0 Å². The van der Waals surface area contributed by atoms with Crippen LogP contribution in [0.3, 0.4) is 0 Å². The zero-order valence-corrected chi connectivity index (χ0v) is 11.8. The highest BCUT2D eigenvalue weighted by atomic mass is 16.5. The van der Waals surface area contributed by atoms with E-state index in [-0.39, 0.29) is 5.54 Å². The highest BCUT2D eigenvalue weighted by Gasteiger charge is 2.33. The van der Waals surface area contributed by atoms with Gasteiger partial charge in [-0.15, -0.1) is 0 Å². The second-order valence-corrected chi connectivity index (χ2v) is 5.67. The van der Waals surface area contributed by atoms with Gasteiger partial charge in [0.2, 0.25) is 0 Å². The van der Waals surface area contributed by atoms with E-state index in [1.54, 1.807) is 6.20 Å². The lowest BCUT2D eigenvalue weighted by atomic mass is 9.98. The average molecular weight is 267 g/mol. The van der Waals surface area contributed by atoms with E-state index in [0.29, 0.717) is 18.8 Å². The standard InChI is InChI=1S/C16H17N3O/c1-16(2)11-20-8-7-19(16)15-12(9-17)10-18-14-6-4-3-5-13(14)15/h3-6,10H,7-8,11H2,1-2H3. The topological polar surface area (TPSA) is 49.1 Å². The number of morpholine rings is 1. The smallest absolute Gasteiger partial charge is 0.103 e. The molecule has 0 saturated carbocycles. The zero-order valence-electron chi connectivity index (χ0n) is 11.8. The molecule has 2 aromatic rings. The van der Waals surface area contributed by atoms with Crippen molar-refractivity contribution in [1.29, 1.82) is 5.26 Å². The van der Waals surface area contributed by atoms with Gasteiger partial charge in [0, 0.05) is 18.1 Å². The number of rotatable bonds is 1. The van der Waals surface area contributed by atoms with E-state index < -0.39 is 0 Å². The summed E-state index contributed by atoms with van der Waals surface area (Å²) in [6.45, 7) is 6.42. The molecule has 1 aromatic carbocycles. The third kappa shape index (κ3) is 2.00. The normalized spacial score (nSPS) is 17.9. The fourth-order valence-electron chi connectivity index (χ4n) is 2.77. The molecule has 20 heavy (non-hydrogen) atoms. The minimum atomic E-state index is -0.131. The molecule has 0 unspecified atom stereocenters. The molecule has 0 aliphatic carbocycles. The number of hydrogen-bond donors (Lipinski definition) is 0. The number of benzene rings is 1. The number of aromatic nitrogens is 1. The van der Waals surface area contributed by atoms with Crippen molar-refractivity contribution in [2.45, 2.75) is 19.4 Å². The zero-order chi connectivity index (χ0) is 14.2. The molecule has 102 valence electrons. The van der Waals surface area contributed by atoms with E-state index in [0.717, 1.165) is 23.1 Å². The highest BCUT2D eigenvalue weighted by molar-refractivity contribution is 5.94. The van der Waals surface area contributed by atoms with Crippen LogP contribution in [0.15, 0.2) is 30.5 Å². The third-order valence-electron chi connectivity index (χ3n) is 3.78. The van der Waals surface area contributed by atoms with Crippen molar-refractivity contribution in [3.63, 3.8) is 0 Å². The Morgan fingerprint density at radius 1 is 1.35 bits per heavy atom. The summed E-state index contributed by atoms with van der Waals surface area (Å²) in [6.07, 6.45) is 1.67. The van der Waals surface area contributed by atoms with Gasteiger partial charge in [-0.1, -0.05) is 18.2 Å². The molecule has 0 amide bonds. The Hall–Kier alpha value is -2.12. The van der Waals surface area contributed by atoms with Gasteiger partial charge in [0.05, 0.1) is 35.5 Å². The fourth-order valence-corrected chi connectivity index (χ4v) is 2.77. The second-order valence-electron chi connectivity index (χ2n) is 5.67. The molecule has 1 fully saturated rings. The summed E-state index contributed by atoms with van der Waals surface area (Å²) in [6, 6.07) is 10.2. The van der Waals surface area contributed by atoms with Gasteiger partial charge in [-0.05, 0) is 19.9 Å². The van der Waals surface area contributed by atoms with Gasteiger partial charge in [-0.2, -0.15) is 5.26 Å². The Balaban J connectivity index is 2.26. The molecule has 1 aliphatic heterocycles. The van der Waals surface area contributed by atoms with E-state index in [1.165, 1.54) is 0 Å². The number of hydrogen-bond acceptors (Lipinski definition) is 4. The molecule has 0 spiro atoms. The quantitative estimate of drug-likeness (QED) is 0.797. The molecule has 0 radical (unpaired) electrons. The minimum absolute atomic E-state index is 0.131. The van der Waals surface area contributed by atoms with Crippen LogP contribution in [0, 0.1) is 11.3 Å². The van der Waals surface area contributed by atoms with Crippen molar-refractivity contribution in [3.05, 3.63) is 36.0 Å². The maximum Gasteiger partial charge on any atom is 0.103 e. The van der Waals surface area contributed by atoms with Gasteiger partial charge >= 0.3 is 0 Å². The van der Waals surface area contributed by atoms with Crippen LogP contribution in [0.5, 0.6) is 0 Å². The molecule has 2 heterocycles. The van der Waals surface area contributed by atoms with Crippen LogP contribution in [0.25, 0.3) is 10.9 Å². The summed E-state index contributed by atoms with van der Waals surface area (Å²) < 4.78 is 5.58. The molecule has 1 saturated heterocycles. The number of nitriles is 1. The monoisotopic (exact) mass is 267 g/mol. The molecule has 1 aromatic heterocycles. The molecule has 0 atom stereocenters. The molecular weight excluding hydrogens is 250 g/mol. The Morgan fingerprint density at radius 3 is 2.90 bits per heavy atom. The Morgan fingerprint density at radius 2 is 2.15 bits per heavy atom. The van der Waals surface area contributed by atoms with Gasteiger partial charge < -0.3 is 9.64 Å². The number of nitrogens with zero attached hydrogens (tertiary/aromatic N) is 3. The lowest BCUT2D eigenvalue weighted by Gasteiger charge is -2.44. The van der Waals surface area contributed by atoms with Gasteiger partial charge in [0.15, 0.2) is 0 Å². The van der Waals surface area contributed by atoms with E-state index in [4.69, 9.17) is 4.74 Å². The summed E-state index contributed by atoms with van der Waals surface area (Å²) in [5, 5.41) is 10.5. The van der Waals surface area contributed by atoms with E-state index in [1.807, 2.05) is 24.3 Å². The molecular formula is C16H17N3O. The highest BCUT2D eigenvalue weighted by Crippen LogP contribution is 2.35. The maximum absolute atomic E-state index is 9.43. The number of pyridine rings is 1. The van der Waals surface area contributed by atoms with Crippen molar-refractivity contribution >= 4 is 16.6 Å². The summed E-state index contributed by atoms with van der Waals surface area (Å²) >= 11 is 0. The predicted octanol–water partition coefficient (Wildman–Crippen LogP) is 2.72. The third-order valence-corrected chi connectivity index (χ3v) is 3.78. The van der Waals surface area contributed by atoms with Gasteiger partial charge in [-0.3, -0.25) is 4.98 Å². The maximum atomic E-state index is 9.43. The molecule has 0 bridgehead atoms. The van der Waals surface area contributed by atoms with E-state index in [9.17, 15) is 5.26 Å². The first-order chi connectivity index (χ1) is 9.63. The summed E-state index contributed by atoms with van der Waals surface area (Å²) in [5.74, 6) is 0. The second kappa shape index (κ2) is 4.77. The van der Waals surface area contributed by atoms with Crippen molar-refractivity contribution < 1.29 is 4.74 Å². The van der Waals surface area contributed by atoms with Crippen LogP contribution in [0.1, 0.15) is 19.4 Å². The van der Waals surface area contributed by atoms with Crippen LogP contribution in [0.2, 0.25) is 0 Å². The molecule has 1 aliphatic rings. The molecule has 4 heteroatoms. The largest absolute Gasteiger partial charge is 0.377 e. The SMILES string of the molecule is CC1(C)COCCN1c1c(C#N)cnc2ccccc12. The van der Waals surface area contributed by atoms with Crippen molar-refractivity contribution in [2.24, 2.45) is 0 Å². The van der Waals surface area contributed by atoms with Crippen LogP contribution in [0.4, 0.5) is 5.69 Å². The first-order valence-corrected chi connectivity index (χ1v) is 6.77. The minimum Gasteiger partial charge on any atom is -0.377 e. The van der Waals surface area contributed by atoms with Gasteiger partial charge in [-0.25, -0.2) is 0 Å². The Labute approximate surface area is 118 Å². The Bertz CT molecular complexity index is 688. The average Bonchev–Trinajstić information content (AvgIpc) is 2.46. The van der Waals surface area contributed by atoms with Crippen molar-refractivity contribution in [1.82, 2.24) is 4.98 Å². The summed E-state index contributed by atoms with van der Waals surface area (Å²) in [4.78, 5) is 6.65. The Kier molecular flexibility index (Phi) is 3.07. The van der Waals surface area contributed by atoms with E-state index >= 15 is 0 Å². The number of anilines is 1. The van der Waals surface area contributed by atoms with Crippen LogP contribution < -0.4 is 4.90 Å². The first kappa shape index (κ1) is 12.9. The number of fused-ring (bicyclic) bond motifs is 1. The molecule has 4 nitrogen and oxygen atoms in total. The van der Waals surface area contributed by atoms with Crippen LogP contribution in [-0.2, 0) is 4.74 Å². The fraction of sp³-hybridized carbons (Fsp3) is 0.375. The lowest BCUT2D eigenvalue weighted by Crippen LogP contribution is -2.53. The lowest BCUT2D eigenvalue weighted by molar-refractivity contribution is 0.0645. The van der Waals surface area contributed by atoms with Crippen molar-refractivity contribution in [3.8, 4) is 6.07 Å². The number of para-hydroxylation sites is 1. The van der Waals surface area contributed by atoms with Crippen molar-refractivity contribution in [2.75, 3.05) is 24.7 Å². The van der Waals surface area contributed by atoms with Gasteiger partial charge in [0.1, 0.15) is 6.07 Å². The van der Waals surface area contributed by atoms with Gasteiger partial charge in [0.25, 0.3) is 0 Å². The molecule has 0 N–H and O–H groups in total. The predicted molar refractivity (Wildman–Crippen MR) is 78.7 cm³/mol. The number of ether oxygens (including phenoxy) is 1. The molecule has 3 rings (SSSR count). The first-order valence-electron chi connectivity index (χ1n) is 6.77. The summed E-state index contributed by atoms with van der Waals surface area (Å²) in [5.41, 5.74) is 2.39. The summed E-state index contributed by atoms with van der Waals surface area (Å²) in [7, 11) is 0. The van der Waals surface area contributed by atoms with E-state index in [2.05, 4.69) is 29.8 Å². The van der Waals surface area contributed by atoms with Crippen LogP contribution in [-0.4, -0.2) is 30.3 Å².